The van der Waals surface area contributed by atoms with Crippen LogP contribution in [-0.2, 0) is 22.6 Å². The number of nitrogens with zero attached hydrogens (tertiary/aromatic N) is 2. The van der Waals surface area contributed by atoms with Crippen molar-refractivity contribution >= 4 is 40.3 Å². The summed E-state index contributed by atoms with van der Waals surface area (Å²) in [6.45, 7) is 5.88. The molecule has 3 aromatic carbocycles. The zero-order chi connectivity index (χ0) is 35.2. The first kappa shape index (κ1) is 35.6. The van der Waals surface area contributed by atoms with E-state index in [-0.39, 0.29) is 35.5 Å². The van der Waals surface area contributed by atoms with Crippen molar-refractivity contribution in [1.82, 2.24) is 20.2 Å². The second-order valence-corrected chi connectivity index (χ2v) is 13.3. The summed E-state index contributed by atoms with van der Waals surface area (Å²) in [5.41, 5.74) is 4.90. The van der Waals surface area contributed by atoms with Crippen LogP contribution in [0.15, 0.2) is 53.3 Å². The first-order chi connectivity index (χ1) is 23.6. The van der Waals surface area contributed by atoms with Crippen molar-refractivity contribution in [3.05, 3.63) is 75.7 Å². The van der Waals surface area contributed by atoms with Crippen LogP contribution in [0.25, 0.3) is 22.2 Å². The van der Waals surface area contributed by atoms with E-state index >= 15 is 0 Å². The second-order valence-electron chi connectivity index (χ2n) is 12.3. The van der Waals surface area contributed by atoms with E-state index < -0.39 is 12.1 Å². The number of rotatable bonds is 13. The zero-order valence-electron chi connectivity index (χ0n) is 29.1. The number of fused-ring (bicyclic) bond motifs is 4. The Labute approximate surface area is 291 Å². The number of ether oxygens (including phenoxy) is 3. The molecule has 0 aliphatic heterocycles. The summed E-state index contributed by atoms with van der Waals surface area (Å²) >= 11 is 1.62. The molecule has 1 aliphatic carbocycles. The fourth-order valence-corrected chi connectivity index (χ4v) is 7.08. The number of methoxy groups -OCH3 is 3. The average molecular weight is 688 g/mol. The van der Waals surface area contributed by atoms with Crippen LogP contribution in [0.5, 0.6) is 17.2 Å². The number of amides is 2. The molecule has 11 nitrogen and oxygen atoms in total. The Balaban J connectivity index is 1.53. The van der Waals surface area contributed by atoms with Crippen molar-refractivity contribution < 1.29 is 23.8 Å². The quantitative estimate of drug-likeness (QED) is 0.163. The number of benzene rings is 2. The molecule has 3 N–H and O–H groups in total. The Kier molecular flexibility index (Phi) is 11.4. The van der Waals surface area contributed by atoms with Gasteiger partial charge in [-0.05, 0) is 92.1 Å². The van der Waals surface area contributed by atoms with Crippen molar-refractivity contribution in [1.29, 1.82) is 0 Å². The topological polar surface area (TPSA) is 133 Å². The minimum atomic E-state index is -0.684. The Morgan fingerprint density at radius 1 is 1.04 bits per heavy atom. The number of carbonyl (C=O) groups is 2. The molecule has 4 aromatic rings. The standard InChI is InChI=1S/C37H45N5O6S/c1-21(2)42-30-11-9-8-10-27(30)41-33(42)20-38-37(45)29(16-17-49-7)40-28-15-13-24-25(19-31(28)44)26(39-22(3)43)14-12-23-18-32(46-4)35(47-5)36(48-6)34(23)24/h8-11,13,15,18-19,21,26,29H,12,14,16-17,20H2,1-7H3,(H,38,45)(H,39,43)(H,40,44). The highest BCUT2D eigenvalue weighted by molar-refractivity contribution is 7.98. The third kappa shape index (κ3) is 7.49. The van der Waals surface area contributed by atoms with Crippen LogP contribution in [0, 0.1) is 0 Å². The molecule has 2 unspecified atom stereocenters. The molecule has 12 heteroatoms. The van der Waals surface area contributed by atoms with E-state index in [1.807, 2.05) is 42.7 Å². The van der Waals surface area contributed by atoms with Gasteiger partial charge in [-0.1, -0.05) is 18.2 Å². The molecular formula is C37H45N5O6S. The fourth-order valence-electron chi connectivity index (χ4n) is 6.60. The van der Waals surface area contributed by atoms with Gasteiger partial charge in [0.1, 0.15) is 11.9 Å². The third-order valence-electron chi connectivity index (χ3n) is 8.78. The highest BCUT2D eigenvalue weighted by atomic mass is 32.2. The van der Waals surface area contributed by atoms with E-state index in [1.54, 1.807) is 45.2 Å². The number of carbonyl (C=O) groups excluding carboxylic acids is 2. The molecule has 0 radical (unpaired) electrons. The lowest BCUT2D eigenvalue weighted by atomic mass is 9.95. The maximum atomic E-state index is 14.0. The van der Waals surface area contributed by atoms with E-state index in [4.69, 9.17) is 19.2 Å². The van der Waals surface area contributed by atoms with Gasteiger partial charge >= 0.3 is 0 Å². The van der Waals surface area contributed by atoms with E-state index in [0.29, 0.717) is 53.4 Å². The molecule has 0 bridgehead atoms. The van der Waals surface area contributed by atoms with Gasteiger partial charge in [0.15, 0.2) is 11.5 Å². The van der Waals surface area contributed by atoms with Crippen LogP contribution in [-0.4, -0.2) is 60.7 Å². The van der Waals surface area contributed by atoms with Crippen LogP contribution >= 0.6 is 11.8 Å². The molecule has 1 aromatic heterocycles. The van der Waals surface area contributed by atoms with Crippen LogP contribution in [0.1, 0.15) is 62.6 Å². The average Bonchev–Trinajstić information content (AvgIpc) is 3.31. The number of imidazole rings is 1. The zero-order valence-corrected chi connectivity index (χ0v) is 30.0. The molecule has 0 saturated heterocycles. The Morgan fingerprint density at radius 3 is 2.47 bits per heavy atom. The summed E-state index contributed by atoms with van der Waals surface area (Å²) in [6, 6.07) is 14.0. The summed E-state index contributed by atoms with van der Waals surface area (Å²) in [6.07, 6.45) is 3.61. The van der Waals surface area contributed by atoms with E-state index in [0.717, 1.165) is 28.0 Å². The van der Waals surface area contributed by atoms with Crippen molar-refractivity contribution in [2.24, 2.45) is 0 Å². The lowest BCUT2D eigenvalue weighted by Crippen LogP contribution is -2.41. The highest BCUT2D eigenvalue weighted by Gasteiger charge is 2.30. The predicted molar refractivity (Wildman–Crippen MR) is 195 cm³/mol. The largest absolute Gasteiger partial charge is 0.493 e. The number of aryl methyl sites for hydroxylation is 1. The monoisotopic (exact) mass is 687 g/mol. The smallest absolute Gasteiger partial charge is 0.242 e. The molecule has 1 heterocycles. The number of hydrogen-bond acceptors (Lipinski definition) is 9. The summed E-state index contributed by atoms with van der Waals surface area (Å²) in [5, 5.41) is 9.36. The SMILES string of the molecule is COc1cc2c(c(OC)c1OC)-c1ccc(NC(CCSC)C(=O)NCc3nc4ccccc4n3C(C)C)c(=O)cc1C(NC(C)=O)CC2. The van der Waals surface area contributed by atoms with Crippen molar-refractivity contribution in [3.8, 4) is 28.4 Å². The highest BCUT2D eigenvalue weighted by Crippen LogP contribution is 2.50. The summed E-state index contributed by atoms with van der Waals surface area (Å²) in [4.78, 5) is 44.8. The van der Waals surface area contributed by atoms with E-state index in [9.17, 15) is 14.4 Å². The van der Waals surface area contributed by atoms with Gasteiger partial charge in [-0.3, -0.25) is 14.4 Å². The number of hydrogen-bond donors (Lipinski definition) is 3. The number of para-hydroxylation sites is 2. The van der Waals surface area contributed by atoms with Gasteiger partial charge in [-0.15, -0.1) is 0 Å². The van der Waals surface area contributed by atoms with Crippen LogP contribution in [0.2, 0.25) is 0 Å². The molecule has 0 spiro atoms. The maximum absolute atomic E-state index is 14.0. The minimum Gasteiger partial charge on any atom is -0.493 e. The lowest BCUT2D eigenvalue weighted by Gasteiger charge is -2.19. The number of aromatic nitrogens is 2. The maximum Gasteiger partial charge on any atom is 0.242 e. The number of thioether (sulfide) groups is 1. The van der Waals surface area contributed by atoms with Crippen molar-refractivity contribution in [2.75, 3.05) is 38.7 Å². The number of anilines is 1. The summed E-state index contributed by atoms with van der Waals surface area (Å²) in [7, 11) is 4.68. The minimum absolute atomic E-state index is 0.151. The van der Waals surface area contributed by atoms with Crippen LogP contribution < -0.4 is 35.6 Å². The lowest BCUT2D eigenvalue weighted by molar-refractivity contribution is -0.122. The molecular weight excluding hydrogens is 643 g/mol. The van der Waals surface area contributed by atoms with E-state index in [1.165, 1.54) is 6.92 Å². The Morgan fingerprint density at radius 2 is 1.80 bits per heavy atom. The molecule has 0 fully saturated rings. The van der Waals surface area contributed by atoms with Crippen LogP contribution in [0.4, 0.5) is 5.69 Å². The van der Waals surface area contributed by atoms with Crippen molar-refractivity contribution in [2.45, 2.75) is 64.7 Å². The van der Waals surface area contributed by atoms with Gasteiger partial charge < -0.3 is 34.7 Å². The molecule has 49 heavy (non-hydrogen) atoms. The van der Waals surface area contributed by atoms with Gasteiger partial charge in [0, 0.05) is 18.5 Å². The molecule has 1 aliphatic rings. The number of nitrogens with one attached hydrogen (secondary N) is 3. The first-order valence-corrected chi connectivity index (χ1v) is 17.8. The van der Waals surface area contributed by atoms with Crippen molar-refractivity contribution in [3.63, 3.8) is 0 Å². The predicted octanol–water partition coefficient (Wildman–Crippen LogP) is 5.64. The molecule has 2 atom stereocenters. The molecule has 5 rings (SSSR count). The fraction of sp³-hybridized carbons (Fsp3) is 0.405. The first-order valence-electron chi connectivity index (χ1n) is 16.4. The summed E-state index contributed by atoms with van der Waals surface area (Å²) < 4.78 is 19.3. The molecule has 0 saturated carbocycles. The van der Waals surface area contributed by atoms with Gasteiger partial charge in [0.2, 0.25) is 23.0 Å². The summed E-state index contributed by atoms with van der Waals surface area (Å²) in [5.74, 6) is 2.45. The van der Waals surface area contributed by atoms with Gasteiger partial charge in [-0.2, -0.15) is 11.8 Å². The van der Waals surface area contributed by atoms with E-state index in [2.05, 4.69) is 34.4 Å². The second kappa shape index (κ2) is 15.7. The molecule has 2 amide bonds. The normalized spacial score (nSPS) is 14.3. The third-order valence-corrected chi connectivity index (χ3v) is 9.42. The molecule has 260 valence electrons. The van der Waals surface area contributed by atoms with Gasteiger partial charge in [-0.25, -0.2) is 4.98 Å². The van der Waals surface area contributed by atoms with Gasteiger partial charge in [0.05, 0.1) is 50.6 Å². The van der Waals surface area contributed by atoms with Gasteiger partial charge in [0.25, 0.3) is 0 Å². The Bertz CT molecular complexity index is 1910. The van der Waals surface area contributed by atoms with Crippen LogP contribution in [0.3, 0.4) is 0 Å². The Hall–Kier alpha value is -4.71.